The molecule has 1 aromatic carbocycles. The lowest BCUT2D eigenvalue weighted by Gasteiger charge is -2.32. The highest BCUT2D eigenvalue weighted by molar-refractivity contribution is 5.66. The summed E-state index contributed by atoms with van der Waals surface area (Å²) in [4.78, 5) is 6.64. The third-order valence-electron chi connectivity index (χ3n) is 5.76. The molecular formula is C24H25N5O3. The van der Waals surface area contributed by atoms with E-state index in [0.717, 1.165) is 53.3 Å². The Morgan fingerprint density at radius 1 is 1.03 bits per heavy atom. The predicted molar refractivity (Wildman–Crippen MR) is 120 cm³/mol. The minimum atomic E-state index is -0.143. The van der Waals surface area contributed by atoms with E-state index in [-0.39, 0.29) is 6.10 Å². The van der Waals surface area contributed by atoms with Gasteiger partial charge in [0, 0.05) is 43.2 Å². The summed E-state index contributed by atoms with van der Waals surface area (Å²) in [5, 5.41) is 8.82. The molecule has 1 aliphatic rings. The first-order valence-corrected chi connectivity index (χ1v) is 10.6. The Morgan fingerprint density at radius 3 is 2.69 bits per heavy atom. The zero-order valence-electron chi connectivity index (χ0n) is 18.1. The molecule has 1 aliphatic heterocycles. The zero-order valence-corrected chi connectivity index (χ0v) is 18.1. The van der Waals surface area contributed by atoms with Crippen LogP contribution in [0, 0.1) is 0 Å². The van der Waals surface area contributed by atoms with Crippen molar-refractivity contribution in [2.24, 2.45) is 0 Å². The average molecular weight is 431 g/mol. The molecule has 4 aromatic rings. The number of pyridine rings is 2. The van der Waals surface area contributed by atoms with E-state index >= 15 is 0 Å². The lowest BCUT2D eigenvalue weighted by molar-refractivity contribution is -0.0345. The summed E-state index contributed by atoms with van der Waals surface area (Å²) in [5.74, 6) is 1.50. The van der Waals surface area contributed by atoms with Gasteiger partial charge in [-0.05, 0) is 29.8 Å². The number of fused-ring (bicyclic) bond motifs is 1. The summed E-state index contributed by atoms with van der Waals surface area (Å²) in [6.45, 7) is 2.95. The normalized spacial score (nSPS) is 16.9. The standard InChI is InChI=1S/C24H25N5O3/c1-30-20-8-5-17(6-9-20)18-7-10-21-23(26-27-29(21)15-18)22-16-28(12-13-32-22)14-19-4-3-11-25-24(19)31-2/h3-11,15,22H,12-14,16H2,1-2H3/t22-/m1/s1. The first-order valence-electron chi connectivity index (χ1n) is 10.6. The number of methoxy groups -OCH3 is 2. The largest absolute Gasteiger partial charge is 0.497 e. The van der Waals surface area contributed by atoms with Crippen LogP contribution in [0.3, 0.4) is 0 Å². The van der Waals surface area contributed by atoms with E-state index in [1.165, 1.54) is 0 Å². The summed E-state index contributed by atoms with van der Waals surface area (Å²) in [7, 11) is 3.32. The molecule has 1 atom stereocenters. The highest BCUT2D eigenvalue weighted by Crippen LogP contribution is 2.28. The maximum atomic E-state index is 6.08. The van der Waals surface area contributed by atoms with Crippen LogP contribution < -0.4 is 9.47 Å². The summed E-state index contributed by atoms with van der Waals surface area (Å²) in [6.07, 6.45) is 3.60. The van der Waals surface area contributed by atoms with Crippen molar-refractivity contribution in [1.29, 1.82) is 0 Å². The molecule has 8 heteroatoms. The van der Waals surface area contributed by atoms with Crippen molar-refractivity contribution >= 4 is 5.52 Å². The van der Waals surface area contributed by atoms with Gasteiger partial charge in [-0.15, -0.1) is 5.10 Å². The molecule has 3 aromatic heterocycles. The first kappa shape index (κ1) is 20.4. The molecule has 0 spiro atoms. The first-order chi connectivity index (χ1) is 15.7. The number of aromatic nitrogens is 4. The minimum absolute atomic E-state index is 0.143. The fourth-order valence-corrected chi connectivity index (χ4v) is 4.08. The highest BCUT2D eigenvalue weighted by Gasteiger charge is 2.27. The molecule has 0 N–H and O–H groups in total. The van der Waals surface area contributed by atoms with Crippen molar-refractivity contribution < 1.29 is 14.2 Å². The van der Waals surface area contributed by atoms with Gasteiger partial charge in [0.05, 0.1) is 26.3 Å². The van der Waals surface area contributed by atoms with E-state index in [0.29, 0.717) is 12.5 Å². The number of morpholine rings is 1. The Bertz CT molecular complexity index is 1210. The predicted octanol–water partition coefficient (Wildman–Crippen LogP) is 3.38. The topological polar surface area (TPSA) is 74.0 Å². The Balaban J connectivity index is 1.36. The number of hydrogen-bond acceptors (Lipinski definition) is 7. The second-order valence-electron chi connectivity index (χ2n) is 7.72. The summed E-state index contributed by atoms with van der Waals surface area (Å²) in [5.41, 5.74) is 5.02. The van der Waals surface area contributed by atoms with Crippen LogP contribution in [0.1, 0.15) is 17.4 Å². The van der Waals surface area contributed by atoms with Gasteiger partial charge in [-0.1, -0.05) is 29.5 Å². The third-order valence-corrected chi connectivity index (χ3v) is 5.76. The Kier molecular flexibility index (Phi) is 5.70. The molecule has 5 rings (SSSR count). The highest BCUT2D eigenvalue weighted by atomic mass is 16.5. The van der Waals surface area contributed by atoms with Crippen molar-refractivity contribution in [2.75, 3.05) is 33.9 Å². The van der Waals surface area contributed by atoms with Gasteiger partial charge in [0.1, 0.15) is 17.5 Å². The Hall–Kier alpha value is -3.49. The Morgan fingerprint density at radius 2 is 1.88 bits per heavy atom. The Labute approximate surface area is 186 Å². The van der Waals surface area contributed by atoms with Gasteiger partial charge in [0.15, 0.2) is 0 Å². The van der Waals surface area contributed by atoms with Gasteiger partial charge in [-0.25, -0.2) is 9.50 Å². The van der Waals surface area contributed by atoms with Crippen LogP contribution in [0.5, 0.6) is 11.6 Å². The van der Waals surface area contributed by atoms with E-state index in [9.17, 15) is 0 Å². The molecule has 8 nitrogen and oxygen atoms in total. The van der Waals surface area contributed by atoms with Crippen LogP contribution in [-0.4, -0.2) is 58.6 Å². The van der Waals surface area contributed by atoms with Gasteiger partial charge < -0.3 is 14.2 Å². The van der Waals surface area contributed by atoms with Gasteiger partial charge in [0.2, 0.25) is 5.88 Å². The third kappa shape index (κ3) is 4.02. The molecule has 32 heavy (non-hydrogen) atoms. The molecule has 0 bridgehead atoms. The maximum absolute atomic E-state index is 6.08. The van der Waals surface area contributed by atoms with E-state index in [1.807, 2.05) is 47.1 Å². The van der Waals surface area contributed by atoms with Gasteiger partial charge in [-0.2, -0.15) is 0 Å². The second kappa shape index (κ2) is 8.94. The summed E-state index contributed by atoms with van der Waals surface area (Å²) < 4.78 is 18.5. The molecule has 0 saturated carbocycles. The van der Waals surface area contributed by atoms with Gasteiger partial charge >= 0.3 is 0 Å². The molecule has 0 aliphatic carbocycles. The van der Waals surface area contributed by atoms with Crippen molar-refractivity contribution in [1.82, 2.24) is 24.7 Å². The number of ether oxygens (including phenoxy) is 3. The van der Waals surface area contributed by atoms with E-state index in [2.05, 4.69) is 32.3 Å². The lowest BCUT2D eigenvalue weighted by Crippen LogP contribution is -2.38. The summed E-state index contributed by atoms with van der Waals surface area (Å²) in [6, 6.07) is 16.1. The average Bonchev–Trinajstić information content (AvgIpc) is 3.28. The van der Waals surface area contributed by atoms with Crippen molar-refractivity contribution in [3.05, 3.63) is 72.2 Å². The SMILES string of the molecule is COc1ccc(-c2ccc3c([C@H]4CN(Cc5cccnc5OC)CCO4)nnn3c2)cc1. The minimum Gasteiger partial charge on any atom is -0.497 e. The van der Waals surface area contributed by atoms with Gasteiger partial charge in [-0.3, -0.25) is 4.90 Å². The van der Waals surface area contributed by atoms with Crippen LogP contribution in [0.15, 0.2) is 60.9 Å². The second-order valence-corrected chi connectivity index (χ2v) is 7.72. The smallest absolute Gasteiger partial charge is 0.217 e. The van der Waals surface area contributed by atoms with Crippen LogP contribution in [0.4, 0.5) is 0 Å². The monoisotopic (exact) mass is 431 g/mol. The summed E-state index contributed by atoms with van der Waals surface area (Å²) >= 11 is 0. The molecular weight excluding hydrogens is 406 g/mol. The lowest BCUT2D eigenvalue weighted by atomic mass is 10.1. The number of nitrogens with zero attached hydrogens (tertiary/aromatic N) is 5. The van der Waals surface area contributed by atoms with Crippen LogP contribution >= 0.6 is 0 Å². The number of benzene rings is 1. The van der Waals surface area contributed by atoms with Crippen molar-refractivity contribution in [3.63, 3.8) is 0 Å². The number of rotatable bonds is 6. The van der Waals surface area contributed by atoms with Crippen molar-refractivity contribution in [3.8, 4) is 22.8 Å². The molecule has 164 valence electrons. The number of hydrogen-bond donors (Lipinski definition) is 0. The van der Waals surface area contributed by atoms with Crippen molar-refractivity contribution in [2.45, 2.75) is 12.6 Å². The molecule has 0 radical (unpaired) electrons. The zero-order chi connectivity index (χ0) is 21.9. The molecule has 0 unspecified atom stereocenters. The molecule has 1 saturated heterocycles. The molecule has 0 amide bonds. The fourth-order valence-electron chi connectivity index (χ4n) is 4.08. The molecule has 4 heterocycles. The van der Waals surface area contributed by atoms with Crippen LogP contribution in [0.25, 0.3) is 16.6 Å². The molecule has 1 fully saturated rings. The van der Waals surface area contributed by atoms with E-state index < -0.39 is 0 Å². The van der Waals surface area contributed by atoms with E-state index in [4.69, 9.17) is 14.2 Å². The van der Waals surface area contributed by atoms with Crippen LogP contribution in [0.2, 0.25) is 0 Å². The fraction of sp³-hybridized carbons (Fsp3) is 0.292. The van der Waals surface area contributed by atoms with E-state index in [1.54, 1.807) is 20.4 Å². The maximum Gasteiger partial charge on any atom is 0.217 e. The van der Waals surface area contributed by atoms with Crippen LogP contribution in [-0.2, 0) is 11.3 Å². The quantitative estimate of drug-likeness (QED) is 0.463. The van der Waals surface area contributed by atoms with Gasteiger partial charge in [0.25, 0.3) is 0 Å².